The van der Waals surface area contributed by atoms with E-state index in [0.717, 1.165) is 0 Å². The minimum Gasteiger partial charge on any atom is -0.459 e. The third-order valence-electron chi connectivity index (χ3n) is 4.00. The molecule has 3 atom stereocenters. The fraction of sp³-hybridized carbons (Fsp3) is 0.263. The number of carbonyl (C=O) groups is 2. The zero-order valence-corrected chi connectivity index (χ0v) is 16.6. The molecule has 2 aromatic carbocycles. The average Bonchev–Trinajstić information content (AvgIpc) is 2.94. The molecule has 2 aromatic rings. The van der Waals surface area contributed by atoms with Crippen molar-refractivity contribution in [3.8, 4) is 0 Å². The molecule has 0 unspecified atom stereocenters. The second kappa shape index (κ2) is 8.68. The van der Waals surface area contributed by atoms with Gasteiger partial charge in [-0.1, -0.05) is 34.8 Å². The summed E-state index contributed by atoms with van der Waals surface area (Å²) in [6, 6.07) is 12.2. The number of ether oxygens (including phenoxy) is 3. The summed E-state index contributed by atoms with van der Waals surface area (Å²) in [6.45, 7) is -0.269. The van der Waals surface area contributed by atoms with E-state index in [9.17, 15) is 14.7 Å². The van der Waals surface area contributed by atoms with E-state index in [1.165, 1.54) is 24.3 Å². The molecule has 3 rings (SSSR count). The van der Waals surface area contributed by atoms with Gasteiger partial charge in [0.25, 0.3) is 0 Å². The van der Waals surface area contributed by atoms with Gasteiger partial charge in [0.2, 0.25) is 5.25 Å². The maximum absolute atomic E-state index is 12.3. The first-order valence-electron chi connectivity index (χ1n) is 8.22. The quantitative estimate of drug-likeness (QED) is 0.552. The predicted molar refractivity (Wildman–Crippen MR) is 103 cm³/mol. The SMILES string of the molecule is O=C(OC[C@H]1O[C@@](O)(Cl)C[C@@H]1OC(=O)c1ccc(Cl)cc1)c1ccc(Cl)cc1. The van der Waals surface area contributed by atoms with Gasteiger partial charge in [-0.05, 0) is 48.5 Å². The molecule has 1 aliphatic rings. The molecule has 1 N–H and O–H groups in total. The molecule has 0 spiro atoms. The standard InChI is InChI=1S/C19H15Cl3O6/c20-13-5-1-11(2-6-13)17(23)26-10-16-15(9-19(22,25)28-16)27-18(24)12-3-7-14(21)8-4-12/h1-8,15-16,25H,9-10H2/t15-,16+,19+/m0/s1. The van der Waals surface area contributed by atoms with Crippen molar-refractivity contribution in [3.63, 3.8) is 0 Å². The van der Waals surface area contributed by atoms with Crippen molar-refractivity contribution in [3.05, 3.63) is 69.7 Å². The van der Waals surface area contributed by atoms with Gasteiger partial charge in [0.15, 0.2) is 0 Å². The molecule has 0 aromatic heterocycles. The Balaban J connectivity index is 1.63. The van der Waals surface area contributed by atoms with Crippen LogP contribution in [0, 0.1) is 0 Å². The lowest BCUT2D eigenvalue weighted by molar-refractivity contribution is -0.140. The summed E-state index contributed by atoms with van der Waals surface area (Å²) >= 11 is 17.4. The van der Waals surface area contributed by atoms with Gasteiger partial charge >= 0.3 is 11.9 Å². The van der Waals surface area contributed by atoms with Crippen LogP contribution in [-0.4, -0.2) is 41.1 Å². The highest BCUT2D eigenvalue weighted by Crippen LogP contribution is 2.34. The molecule has 148 valence electrons. The highest BCUT2D eigenvalue weighted by Gasteiger charge is 2.47. The third kappa shape index (κ3) is 5.37. The van der Waals surface area contributed by atoms with Crippen molar-refractivity contribution >= 4 is 46.7 Å². The Kier molecular flexibility index (Phi) is 6.47. The minimum atomic E-state index is -2.03. The van der Waals surface area contributed by atoms with Crippen LogP contribution in [0.3, 0.4) is 0 Å². The largest absolute Gasteiger partial charge is 0.459 e. The van der Waals surface area contributed by atoms with Crippen molar-refractivity contribution in [2.24, 2.45) is 0 Å². The summed E-state index contributed by atoms with van der Waals surface area (Å²) in [5, 5.41) is 8.88. The second-order valence-electron chi connectivity index (χ2n) is 6.11. The van der Waals surface area contributed by atoms with E-state index >= 15 is 0 Å². The predicted octanol–water partition coefficient (Wildman–Crippen LogP) is 4.05. The molecule has 1 aliphatic heterocycles. The summed E-state index contributed by atoms with van der Waals surface area (Å²) in [6.07, 6.45) is -2.03. The molecule has 1 heterocycles. The van der Waals surface area contributed by atoms with Gasteiger partial charge in [0.1, 0.15) is 18.8 Å². The Morgan fingerprint density at radius 1 is 1.00 bits per heavy atom. The Labute approximate surface area is 175 Å². The molecule has 0 amide bonds. The first-order chi connectivity index (χ1) is 13.2. The van der Waals surface area contributed by atoms with E-state index in [1.54, 1.807) is 24.3 Å². The number of halogens is 3. The number of aliphatic hydroxyl groups is 1. The fourth-order valence-electron chi connectivity index (χ4n) is 2.61. The summed E-state index contributed by atoms with van der Waals surface area (Å²) in [4.78, 5) is 24.4. The lowest BCUT2D eigenvalue weighted by atomic mass is 10.1. The number of rotatable bonds is 5. The van der Waals surface area contributed by atoms with Crippen LogP contribution in [0.15, 0.2) is 48.5 Å². The maximum Gasteiger partial charge on any atom is 0.338 e. The van der Waals surface area contributed by atoms with E-state index in [1.807, 2.05) is 0 Å². The first kappa shape index (κ1) is 20.9. The summed E-state index contributed by atoms with van der Waals surface area (Å²) in [5.74, 6) is -1.26. The van der Waals surface area contributed by atoms with Gasteiger partial charge in [-0.3, -0.25) is 0 Å². The van der Waals surface area contributed by atoms with Gasteiger partial charge in [0, 0.05) is 10.0 Å². The molecule has 0 bridgehead atoms. The third-order valence-corrected chi connectivity index (χ3v) is 4.74. The number of hydrogen-bond acceptors (Lipinski definition) is 6. The van der Waals surface area contributed by atoms with E-state index < -0.39 is 29.4 Å². The van der Waals surface area contributed by atoms with E-state index in [4.69, 9.17) is 49.0 Å². The normalized spacial score (nSPS) is 24.0. The smallest absolute Gasteiger partial charge is 0.338 e. The van der Waals surface area contributed by atoms with Crippen LogP contribution in [0.2, 0.25) is 10.0 Å². The van der Waals surface area contributed by atoms with Crippen LogP contribution in [-0.2, 0) is 14.2 Å². The average molecular weight is 446 g/mol. The molecule has 1 fully saturated rings. The van der Waals surface area contributed by atoms with Gasteiger partial charge < -0.3 is 19.3 Å². The maximum atomic E-state index is 12.3. The molecule has 0 radical (unpaired) electrons. The number of esters is 2. The molecular weight excluding hydrogens is 431 g/mol. The fourth-order valence-corrected chi connectivity index (χ4v) is 3.13. The van der Waals surface area contributed by atoms with Crippen LogP contribution in [0.1, 0.15) is 27.1 Å². The second-order valence-corrected chi connectivity index (χ2v) is 7.57. The zero-order chi connectivity index (χ0) is 20.3. The number of carbonyl (C=O) groups excluding carboxylic acids is 2. The Morgan fingerprint density at radius 2 is 1.50 bits per heavy atom. The van der Waals surface area contributed by atoms with Crippen molar-refractivity contribution in [2.75, 3.05) is 6.61 Å². The molecule has 9 heteroatoms. The van der Waals surface area contributed by atoms with Crippen molar-refractivity contribution in [2.45, 2.75) is 23.9 Å². The van der Waals surface area contributed by atoms with E-state index in [2.05, 4.69) is 0 Å². The molecule has 0 aliphatic carbocycles. The molecule has 1 saturated heterocycles. The molecule has 6 nitrogen and oxygen atoms in total. The highest BCUT2D eigenvalue weighted by molar-refractivity contribution is 6.31. The van der Waals surface area contributed by atoms with Crippen LogP contribution in [0.4, 0.5) is 0 Å². The summed E-state index contributed by atoms with van der Waals surface area (Å²) in [5.41, 5.74) is 0.560. The van der Waals surface area contributed by atoms with Gasteiger partial charge in [0.05, 0.1) is 17.5 Å². The van der Waals surface area contributed by atoms with Gasteiger partial charge in [-0.2, -0.15) is 0 Å². The summed E-state index contributed by atoms with van der Waals surface area (Å²) in [7, 11) is 0. The monoisotopic (exact) mass is 444 g/mol. The first-order valence-corrected chi connectivity index (χ1v) is 9.35. The van der Waals surface area contributed by atoms with Crippen molar-refractivity contribution in [1.29, 1.82) is 0 Å². The van der Waals surface area contributed by atoms with Crippen LogP contribution in [0.25, 0.3) is 0 Å². The Hall–Kier alpha value is -1.83. The molecular formula is C19H15Cl3O6. The zero-order valence-electron chi connectivity index (χ0n) is 14.3. The molecule has 28 heavy (non-hydrogen) atoms. The number of alkyl halides is 1. The lowest BCUT2D eigenvalue weighted by Crippen LogP contribution is -2.32. The lowest BCUT2D eigenvalue weighted by Gasteiger charge is -2.18. The van der Waals surface area contributed by atoms with Crippen LogP contribution >= 0.6 is 34.8 Å². The minimum absolute atomic E-state index is 0.183. The summed E-state index contributed by atoms with van der Waals surface area (Å²) < 4.78 is 15.8. The highest BCUT2D eigenvalue weighted by atomic mass is 35.5. The van der Waals surface area contributed by atoms with E-state index in [-0.39, 0.29) is 18.6 Å². The van der Waals surface area contributed by atoms with Crippen LogP contribution < -0.4 is 0 Å². The topological polar surface area (TPSA) is 82.1 Å². The number of hydrogen-bond donors (Lipinski definition) is 1. The van der Waals surface area contributed by atoms with Gasteiger partial charge in [-0.15, -0.1) is 0 Å². The van der Waals surface area contributed by atoms with Crippen molar-refractivity contribution in [1.82, 2.24) is 0 Å². The number of benzene rings is 2. The Bertz CT molecular complexity index is 851. The van der Waals surface area contributed by atoms with E-state index in [0.29, 0.717) is 15.6 Å². The van der Waals surface area contributed by atoms with Crippen LogP contribution in [0.5, 0.6) is 0 Å². The van der Waals surface area contributed by atoms with Gasteiger partial charge in [-0.25, -0.2) is 9.59 Å². The Morgan fingerprint density at radius 3 is 2.04 bits per heavy atom. The van der Waals surface area contributed by atoms with Crippen molar-refractivity contribution < 1.29 is 28.9 Å². The molecule has 0 saturated carbocycles.